The van der Waals surface area contributed by atoms with E-state index in [4.69, 9.17) is 0 Å². The average molecular weight is 312 g/mol. The Morgan fingerprint density at radius 1 is 1.43 bits per heavy atom. The maximum absolute atomic E-state index is 12.6. The van der Waals surface area contributed by atoms with Gasteiger partial charge in [0.25, 0.3) is 0 Å². The van der Waals surface area contributed by atoms with Crippen LogP contribution in [0.3, 0.4) is 0 Å². The Balaban J connectivity index is 2.35. The third kappa shape index (κ3) is 2.89. The molecule has 0 aromatic heterocycles. The van der Waals surface area contributed by atoms with Gasteiger partial charge in [0.2, 0.25) is 0 Å². The third-order valence-electron chi connectivity index (χ3n) is 3.73. The van der Waals surface area contributed by atoms with Crippen molar-refractivity contribution >= 4 is 21.9 Å². The number of hydrogen-bond acceptors (Lipinski definition) is 3. The second kappa shape index (κ2) is 6.03. The molecule has 1 heterocycles. The molecule has 116 valence electrons. The molecule has 1 aromatic carbocycles. The van der Waals surface area contributed by atoms with Crippen LogP contribution < -0.4 is 4.31 Å². The van der Waals surface area contributed by atoms with Crippen LogP contribution in [-0.2, 0) is 15.0 Å². The van der Waals surface area contributed by atoms with Crippen LogP contribution in [-0.4, -0.2) is 43.9 Å². The summed E-state index contributed by atoms with van der Waals surface area (Å²) in [4.78, 5) is 11.3. The van der Waals surface area contributed by atoms with Gasteiger partial charge in [-0.3, -0.25) is 9.10 Å². The molecule has 0 fully saturated rings. The summed E-state index contributed by atoms with van der Waals surface area (Å²) in [7, 11) is -2.16. The molecule has 1 aliphatic rings. The van der Waals surface area contributed by atoms with E-state index in [0.717, 1.165) is 12.8 Å². The SMILES string of the molecule is CCCCN(C)S(=O)(=O)N1CC(C(=O)O)c2ccccc21. The molecule has 0 saturated heterocycles. The molecule has 1 aliphatic heterocycles. The number of nitrogens with zero attached hydrogens (tertiary/aromatic N) is 2. The highest BCUT2D eigenvalue weighted by Crippen LogP contribution is 2.38. The molecule has 21 heavy (non-hydrogen) atoms. The van der Waals surface area contributed by atoms with Crippen LogP contribution in [0.1, 0.15) is 31.2 Å². The van der Waals surface area contributed by atoms with Crippen molar-refractivity contribution in [1.29, 1.82) is 0 Å². The predicted octanol–water partition coefficient (Wildman–Crippen LogP) is 1.65. The number of carboxylic acids is 1. The molecular weight excluding hydrogens is 292 g/mol. The molecule has 0 spiro atoms. The van der Waals surface area contributed by atoms with E-state index in [1.165, 1.54) is 15.7 Å². The maximum Gasteiger partial charge on any atom is 0.312 e. The highest BCUT2D eigenvalue weighted by molar-refractivity contribution is 7.90. The van der Waals surface area contributed by atoms with Crippen molar-refractivity contribution in [3.05, 3.63) is 29.8 Å². The fourth-order valence-corrected chi connectivity index (χ4v) is 3.91. The van der Waals surface area contributed by atoms with Gasteiger partial charge in [0.15, 0.2) is 0 Å². The van der Waals surface area contributed by atoms with Crippen molar-refractivity contribution in [3.63, 3.8) is 0 Å². The van der Waals surface area contributed by atoms with Crippen molar-refractivity contribution in [2.45, 2.75) is 25.7 Å². The molecule has 1 N–H and O–H groups in total. The van der Waals surface area contributed by atoms with Crippen molar-refractivity contribution < 1.29 is 18.3 Å². The topological polar surface area (TPSA) is 77.9 Å². The van der Waals surface area contributed by atoms with E-state index in [2.05, 4.69) is 0 Å². The summed E-state index contributed by atoms with van der Waals surface area (Å²) >= 11 is 0. The van der Waals surface area contributed by atoms with Gasteiger partial charge in [0, 0.05) is 13.6 Å². The molecular formula is C14H20N2O4S. The summed E-state index contributed by atoms with van der Waals surface area (Å²) in [5, 5.41) is 9.29. The third-order valence-corrected chi connectivity index (χ3v) is 5.60. The largest absolute Gasteiger partial charge is 0.481 e. The van der Waals surface area contributed by atoms with Crippen molar-refractivity contribution in [3.8, 4) is 0 Å². The fraction of sp³-hybridized carbons (Fsp3) is 0.500. The van der Waals surface area contributed by atoms with Crippen LogP contribution >= 0.6 is 0 Å². The monoisotopic (exact) mass is 312 g/mol. The molecule has 0 aliphatic carbocycles. The highest BCUT2D eigenvalue weighted by atomic mass is 32.2. The minimum absolute atomic E-state index is 0.0481. The smallest absolute Gasteiger partial charge is 0.312 e. The number of carbonyl (C=O) groups is 1. The summed E-state index contributed by atoms with van der Waals surface area (Å²) in [6.07, 6.45) is 1.67. The van der Waals surface area contributed by atoms with Crippen molar-refractivity contribution in [2.75, 3.05) is 24.4 Å². The summed E-state index contributed by atoms with van der Waals surface area (Å²) in [6, 6.07) is 6.78. The Hall–Kier alpha value is -1.60. The van der Waals surface area contributed by atoms with Gasteiger partial charge in [-0.1, -0.05) is 31.5 Å². The first-order chi connectivity index (χ1) is 9.89. The highest BCUT2D eigenvalue weighted by Gasteiger charge is 2.40. The van der Waals surface area contributed by atoms with Gasteiger partial charge in [-0.05, 0) is 18.1 Å². The summed E-state index contributed by atoms with van der Waals surface area (Å²) < 4.78 is 27.8. The average Bonchev–Trinajstić information content (AvgIpc) is 2.85. The minimum atomic E-state index is -3.69. The molecule has 0 amide bonds. The lowest BCUT2D eigenvalue weighted by Gasteiger charge is -2.26. The molecule has 6 nitrogen and oxygen atoms in total. The molecule has 7 heteroatoms. The van der Waals surface area contributed by atoms with Crippen LogP contribution in [0.15, 0.2) is 24.3 Å². The first kappa shape index (κ1) is 15.8. The second-order valence-corrected chi connectivity index (χ2v) is 7.12. The normalized spacial score (nSPS) is 18.0. The summed E-state index contributed by atoms with van der Waals surface area (Å²) in [5.74, 6) is -1.81. The Kier molecular flexibility index (Phi) is 4.53. The number of carboxylic acid groups (broad SMARTS) is 1. The first-order valence-corrected chi connectivity index (χ1v) is 8.35. The van der Waals surface area contributed by atoms with Crippen molar-refractivity contribution in [2.24, 2.45) is 0 Å². The number of anilines is 1. The van der Waals surface area contributed by atoms with Crippen LogP contribution in [0.25, 0.3) is 0 Å². The zero-order chi connectivity index (χ0) is 15.6. The van der Waals surface area contributed by atoms with E-state index < -0.39 is 22.1 Å². The van der Waals surface area contributed by atoms with Gasteiger partial charge in [-0.2, -0.15) is 12.7 Å². The maximum atomic E-state index is 12.6. The standard InChI is InChI=1S/C14H20N2O4S/c1-3-4-9-15(2)21(19,20)16-10-12(14(17)18)11-7-5-6-8-13(11)16/h5-8,12H,3-4,9-10H2,1-2H3,(H,17,18). The lowest BCUT2D eigenvalue weighted by atomic mass is 10.0. The number of para-hydroxylation sites is 1. The fourth-order valence-electron chi connectivity index (χ4n) is 2.47. The summed E-state index contributed by atoms with van der Waals surface area (Å²) in [5.41, 5.74) is 1.02. The molecule has 0 radical (unpaired) electrons. The molecule has 1 atom stereocenters. The second-order valence-electron chi connectivity index (χ2n) is 5.16. The van der Waals surface area contributed by atoms with E-state index in [-0.39, 0.29) is 6.54 Å². The van der Waals surface area contributed by atoms with E-state index >= 15 is 0 Å². The van der Waals surface area contributed by atoms with Crippen LogP contribution in [0.5, 0.6) is 0 Å². The van der Waals surface area contributed by atoms with Crippen LogP contribution in [0.2, 0.25) is 0 Å². The van der Waals surface area contributed by atoms with Gasteiger partial charge in [-0.25, -0.2) is 0 Å². The zero-order valence-corrected chi connectivity index (χ0v) is 13.0. The summed E-state index contributed by atoms with van der Waals surface area (Å²) in [6.45, 7) is 2.37. The Morgan fingerprint density at radius 3 is 2.71 bits per heavy atom. The Labute approximate surface area is 125 Å². The number of benzene rings is 1. The lowest BCUT2D eigenvalue weighted by Crippen LogP contribution is -2.42. The number of hydrogen-bond donors (Lipinski definition) is 1. The Morgan fingerprint density at radius 2 is 2.10 bits per heavy atom. The van der Waals surface area contributed by atoms with E-state index in [1.807, 2.05) is 6.92 Å². The zero-order valence-electron chi connectivity index (χ0n) is 12.2. The predicted molar refractivity (Wildman–Crippen MR) is 80.6 cm³/mol. The molecule has 1 aromatic rings. The van der Waals surface area contributed by atoms with Gasteiger partial charge < -0.3 is 5.11 Å². The Bertz CT molecular complexity index is 630. The van der Waals surface area contributed by atoms with Crippen molar-refractivity contribution in [1.82, 2.24) is 4.31 Å². The number of unbranched alkanes of at least 4 members (excludes halogenated alkanes) is 1. The van der Waals surface area contributed by atoms with E-state index in [1.54, 1.807) is 24.3 Å². The van der Waals surface area contributed by atoms with Gasteiger partial charge in [-0.15, -0.1) is 0 Å². The first-order valence-electron chi connectivity index (χ1n) is 6.95. The van der Waals surface area contributed by atoms with E-state index in [9.17, 15) is 18.3 Å². The quantitative estimate of drug-likeness (QED) is 0.866. The van der Waals surface area contributed by atoms with Gasteiger partial charge in [0.05, 0.1) is 12.2 Å². The minimum Gasteiger partial charge on any atom is -0.481 e. The molecule has 0 saturated carbocycles. The number of fused-ring (bicyclic) bond motifs is 1. The van der Waals surface area contributed by atoms with Crippen LogP contribution in [0, 0.1) is 0 Å². The van der Waals surface area contributed by atoms with Gasteiger partial charge >= 0.3 is 16.2 Å². The molecule has 0 bridgehead atoms. The molecule has 2 rings (SSSR count). The number of aliphatic carboxylic acids is 1. The number of rotatable bonds is 6. The lowest BCUT2D eigenvalue weighted by molar-refractivity contribution is -0.138. The van der Waals surface area contributed by atoms with E-state index in [0.29, 0.717) is 17.8 Å². The molecule has 1 unspecified atom stereocenters. The van der Waals surface area contributed by atoms with Crippen LogP contribution in [0.4, 0.5) is 5.69 Å². The van der Waals surface area contributed by atoms with Gasteiger partial charge in [0.1, 0.15) is 5.92 Å².